The largest absolute Gasteiger partial charge is 0.494 e. The van der Waals surface area contributed by atoms with Gasteiger partial charge in [-0.1, -0.05) is 12.1 Å². The van der Waals surface area contributed by atoms with E-state index >= 15 is 0 Å². The summed E-state index contributed by atoms with van der Waals surface area (Å²) in [4.78, 5) is 11.1. The van der Waals surface area contributed by atoms with Gasteiger partial charge in [-0.2, -0.15) is 0 Å². The van der Waals surface area contributed by atoms with Gasteiger partial charge in [-0.15, -0.1) is 0 Å². The highest BCUT2D eigenvalue weighted by atomic mass is 16.5. The second-order valence-corrected chi connectivity index (χ2v) is 4.97. The van der Waals surface area contributed by atoms with Crippen LogP contribution in [0, 0.1) is 0 Å². The van der Waals surface area contributed by atoms with Crippen LogP contribution in [0.1, 0.15) is 43.7 Å². The van der Waals surface area contributed by atoms with Crippen molar-refractivity contribution in [2.75, 3.05) is 6.61 Å². The molecule has 1 aliphatic carbocycles. The fourth-order valence-electron chi connectivity index (χ4n) is 2.78. The topological polar surface area (TPSA) is 52.3 Å². The molecule has 0 aliphatic heterocycles. The van der Waals surface area contributed by atoms with E-state index in [-0.39, 0.29) is 11.8 Å². The van der Waals surface area contributed by atoms with Gasteiger partial charge in [0.05, 0.1) is 6.61 Å². The Morgan fingerprint density at radius 3 is 2.94 bits per heavy atom. The first-order chi connectivity index (χ1) is 8.63. The molecule has 1 aromatic carbocycles. The van der Waals surface area contributed by atoms with E-state index in [0.29, 0.717) is 18.9 Å². The van der Waals surface area contributed by atoms with Gasteiger partial charge < -0.3 is 15.3 Å². The van der Waals surface area contributed by atoms with E-state index in [1.54, 1.807) is 6.92 Å². The van der Waals surface area contributed by atoms with Crippen LogP contribution in [0.4, 0.5) is 0 Å². The molecule has 0 saturated carbocycles. The zero-order valence-corrected chi connectivity index (χ0v) is 11.1. The first kappa shape index (κ1) is 13.1. The minimum Gasteiger partial charge on any atom is -0.494 e. The number of carbonyl (C=O) groups excluding carboxylic acids is 1. The highest BCUT2D eigenvalue weighted by Crippen LogP contribution is 2.40. The normalized spacial score (nSPS) is 21.7. The molecule has 18 heavy (non-hydrogen) atoms. The zero-order valence-electron chi connectivity index (χ0n) is 11.1. The molecule has 0 amide bonds. The zero-order chi connectivity index (χ0) is 13.1. The maximum absolute atomic E-state index is 11.1. The molecular weight excluding hydrogens is 226 g/mol. The highest BCUT2D eigenvalue weighted by Gasteiger charge is 2.31. The van der Waals surface area contributed by atoms with Gasteiger partial charge in [-0.3, -0.25) is 0 Å². The van der Waals surface area contributed by atoms with Crippen LogP contribution in [0.25, 0.3) is 0 Å². The van der Waals surface area contributed by atoms with Crippen molar-refractivity contribution < 1.29 is 9.53 Å². The lowest BCUT2D eigenvalue weighted by Crippen LogP contribution is -2.25. The van der Waals surface area contributed by atoms with Gasteiger partial charge in [0, 0.05) is 18.4 Å². The smallest absolute Gasteiger partial charge is 0.129 e. The van der Waals surface area contributed by atoms with Crippen LogP contribution in [0.5, 0.6) is 5.75 Å². The maximum Gasteiger partial charge on any atom is 0.129 e. The Bertz CT molecular complexity index is 442. The summed E-state index contributed by atoms with van der Waals surface area (Å²) in [7, 11) is 0. The minimum atomic E-state index is 0.112. The van der Waals surface area contributed by atoms with Crippen LogP contribution in [-0.2, 0) is 11.2 Å². The van der Waals surface area contributed by atoms with E-state index in [9.17, 15) is 4.79 Å². The number of hydrogen-bond acceptors (Lipinski definition) is 3. The fourth-order valence-corrected chi connectivity index (χ4v) is 2.78. The molecule has 1 aliphatic rings. The molecule has 0 bridgehead atoms. The van der Waals surface area contributed by atoms with Gasteiger partial charge in [0.15, 0.2) is 0 Å². The molecule has 0 spiro atoms. The molecule has 2 atom stereocenters. The molecule has 3 nitrogen and oxygen atoms in total. The molecular formula is C15H21NO2. The third-order valence-corrected chi connectivity index (χ3v) is 3.63. The van der Waals surface area contributed by atoms with Crippen LogP contribution in [0.15, 0.2) is 18.2 Å². The highest BCUT2D eigenvalue weighted by molar-refractivity contribution is 5.75. The molecule has 2 unspecified atom stereocenters. The Morgan fingerprint density at radius 2 is 2.28 bits per heavy atom. The summed E-state index contributed by atoms with van der Waals surface area (Å²) in [6, 6.07) is 6.25. The molecule has 1 aromatic rings. The van der Waals surface area contributed by atoms with Crippen LogP contribution in [-0.4, -0.2) is 18.4 Å². The third kappa shape index (κ3) is 2.56. The van der Waals surface area contributed by atoms with E-state index in [2.05, 4.69) is 6.07 Å². The number of Topliss-reactive ketones (excluding diaryl/α,β-unsaturated/α-hetero) is 1. The monoisotopic (exact) mass is 247 g/mol. The summed E-state index contributed by atoms with van der Waals surface area (Å²) in [6.45, 7) is 4.29. The van der Waals surface area contributed by atoms with Crippen LogP contribution < -0.4 is 10.5 Å². The van der Waals surface area contributed by atoms with Crippen molar-refractivity contribution >= 4 is 5.78 Å². The average molecular weight is 247 g/mol. The van der Waals surface area contributed by atoms with Crippen molar-refractivity contribution in [2.45, 2.75) is 45.1 Å². The van der Waals surface area contributed by atoms with Crippen LogP contribution in [0.3, 0.4) is 0 Å². The molecule has 98 valence electrons. The number of carbonyl (C=O) groups is 1. The first-order valence-corrected chi connectivity index (χ1v) is 6.63. The van der Waals surface area contributed by atoms with Gasteiger partial charge in [-0.25, -0.2) is 0 Å². The van der Waals surface area contributed by atoms with E-state index in [0.717, 1.165) is 18.6 Å². The van der Waals surface area contributed by atoms with Crippen molar-refractivity contribution in [3.63, 3.8) is 0 Å². The van der Waals surface area contributed by atoms with Gasteiger partial charge in [0.2, 0.25) is 0 Å². The summed E-state index contributed by atoms with van der Waals surface area (Å²) in [5, 5.41) is 0. The van der Waals surface area contributed by atoms with Crippen LogP contribution in [0.2, 0.25) is 0 Å². The van der Waals surface area contributed by atoms with E-state index in [1.165, 1.54) is 11.1 Å². The number of benzene rings is 1. The lowest BCUT2D eigenvalue weighted by molar-refractivity contribution is -0.117. The molecule has 0 radical (unpaired) electrons. The molecule has 3 heteroatoms. The number of ether oxygens (including phenoxy) is 1. The quantitative estimate of drug-likeness (QED) is 0.869. The Balaban J connectivity index is 2.22. The van der Waals surface area contributed by atoms with E-state index in [4.69, 9.17) is 10.5 Å². The Labute approximate surface area is 108 Å². The van der Waals surface area contributed by atoms with E-state index in [1.807, 2.05) is 19.1 Å². The van der Waals surface area contributed by atoms with Crippen molar-refractivity contribution in [2.24, 2.45) is 5.73 Å². The Hall–Kier alpha value is -1.35. The molecule has 2 rings (SSSR count). The Morgan fingerprint density at radius 1 is 1.50 bits per heavy atom. The van der Waals surface area contributed by atoms with Gasteiger partial charge in [-0.05, 0) is 43.9 Å². The number of fused-ring (bicyclic) bond motifs is 1. The summed E-state index contributed by atoms with van der Waals surface area (Å²) < 4.78 is 5.65. The van der Waals surface area contributed by atoms with Gasteiger partial charge in [0.1, 0.15) is 11.5 Å². The molecule has 0 fully saturated rings. The number of rotatable bonds is 5. The number of hydrogen-bond donors (Lipinski definition) is 1. The van der Waals surface area contributed by atoms with Crippen molar-refractivity contribution in [3.8, 4) is 5.75 Å². The number of ketones is 1. The summed E-state index contributed by atoms with van der Waals surface area (Å²) in [5.41, 5.74) is 8.72. The summed E-state index contributed by atoms with van der Waals surface area (Å²) in [5.74, 6) is 1.48. The second-order valence-electron chi connectivity index (χ2n) is 4.97. The molecule has 0 saturated heterocycles. The average Bonchev–Trinajstić information content (AvgIpc) is 2.64. The lowest BCUT2D eigenvalue weighted by Gasteiger charge is -2.15. The second kappa shape index (κ2) is 5.53. The summed E-state index contributed by atoms with van der Waals surface area (Å²) >= 11 is 0. The standard InChI is InChI=1S/C15H21NO2/c1-3-18-15-6-4-5-11-12(8-7-10(2)17)14(16)9-13(11)15/h4-6,12,14H,3,7-9,16H2,1-2H3. The maximum atomic E-state index is 11.1. The van der Waals surface area contributed by atoms with Crippen molar-refractivity contribution in [3.05, 3.63) is 29.3 Å². The molecule has 2 N–H and O–H groups in total. The fraction of sp³-hybridized carbons (Fsp3) is 0.533. The summed E-state index contributed by atoms with van der Waals surface area (Å²) in [6.07, 6.45) is 2.31. The van der Waals surface area contributed by atoms with Crippen LogP contribution >= 0.6 is 0 Å². The van der Waals surface area contributed by atoms with Gasteiger partial charge >= 0.3 is 0 Å². The molecule has 0 heterocycles. The first-order valence-electron chi connectivity index (χ1n) is 6.63. The lowest BCUT2D eigenvalue weighted by atomic mass is 9.93. The third-order valence-electron chi connectivity index (χ3n) is 3.63. The Kier molecular flexibility index (Phi) is 4.02. The number of nitrogens with two attached hydrogens (primary N) is 1. The predicted molar refractivity (Wildman–Crippen MR) is 71.9 cm³/mol. The van der Waals surface area contributed by atoms with Crippen molar-refractivity contribution in [1.82, 2.24) is 0 Å². The van der Waals surface area contributed by atoms with Gasteiger partial charge in [0.25, 0.3) is 0 Å². The van der Waals surface area contributed by atoms with Crippen molar-refractivity contribution in [1.29, 1.82) is 0 Å². The SMILES string of the molecule is CCOc1cccc2c1CC(N)C2CCC(C)=O. The molecule has 0 aromatic heterocycles. The predicted octanol–water partition coefficient (Wildman–Crippen LogP) is 2.42. The van der Waals surface area contributed by atoms with E-state index < -0.39 is 0 Å². The minimum absolute atomic E-state index is 0.112.